The second-order valence-corrected chi connectivity index (χ2v) is 6.13. The molecule has 0 spiro atoms. The highest BCUT2D eigenvalue weighted by Crippen LogP contribution is 2.33. The molecule has 0 amide bonds. The predicted octanol–water partition coefficient (Wildman–Crippen LogP) is 1.89. The van der Waals surface area contributed by atoms with Gasteiger partial charge in [-0.25, -0.2) is 21.9 Å². The molecule has 0 radical (unpaired) electrons. The third-order valence-electron chi connectivity index (χ3n) is 2.64. The maximum Gasteiger partial charge on any atom is 0.416 e. The highest BCUT2D eigenvalue weighted by molar-refractivity contribution is 7.89. The first-order chi connectivity index (χ1) is 9.39. The quantitative estimate of drug-likeness (QED) is 0.809. The minimum absolute atomic E-state index is 0.172. The van der Waals surface area contributed by atoms with Crippen molar-refractivity contribution in [3.63, 3.8) is 0 Å². The number of aryl methyl sites for hydroxylation is 1. The molecule has 1 aromatic rings. The lowest BCUT2D eigenvalue weighted by atomic mass is 10.1. The van der Waals surface area contributed by atoms with Crippen molar-refractivity contribution in [1.82, 2.24) is 4.72 Å². The Morgan fingerprint density at radius 1 is 1.19 bits per heavy atom. The summed E-state index contributed by atoms with van der Waals surface area (Å²) in [6.07, 6.45) is -4.74. The van der Waals surface area contributed by atoms with Crippen LogP contribution in [0, 0.1) is 6.92 Å². The Hall–Kier alpha value is -1.26. The minimum Gasteiger partial charge on any atom is -0.325 e. The molecule has 0 saturated heterocycles. The molecule has 0 aliphatic heterocycles. The van der Waals surface area contributed by atoms with Crippen LogP contribution in [0.2, 0.25) is 0 Å². The number of hydrogen-bond acceptors (Lipinski definition) is 3. The van der Waals surface area contributed by atoms with Crippen LogP contribution in [-0.4, -0.2) is 27.4 Å². The number of sulfonamides is 1. The van der Waals surface area contributed by atoms with Gasteiger partial charge in [-0.15, -0.1) is 0 Å². The smallest absolute Gasteiger partial charge is 0.325 e. The molecular weight excluding hydrogens is 319 g/mol. The summed E-state index contributed by atoms with van der Waals surface area (Å²) in [5.41, 5.74) is 3.43. The van der Waals surface area contributed by atoms with Gasteiger partial charge in [0, 0.05) is 0 Å². The van der Waals surface area contributed by atoms with Gasteiger partial charge in [0.2, 0.25) is 10.0 Å². The van der Waals surface area contributed by atoms with Crippen LogP contribution < -0.4 is 10.5 Å². The Kier molecular flexibility index (Phi) is 4.96. The molecular formula is C11H13F5N2O2S. The Balaban J connectivity index is 3.10. The van der Waals surface area contributed by atoms with Crippen molar-refractivity contribution in [3.05, 3.63) is 29.3 Å². The van der Waals surface area contributed by atoms with Gasteiger partial charge in [-0.2, -0.15) is 13.2 Å². The number of halogens is 5. The van der Waals surface area contributed by atoms with Crippen LogP contribution in [0.1, 0.15) is 11.1 Å². The van der Waals surface area contributed by atoms with Crippen molar-refractivity contribution in [2.45, 2.75) is 23.9 Å². The van der Waals surface area contributed by atoms with Crippen molar-refractivity contribution in [3.8, 4) is 0 Å². The van der Waals surface area contributed by atoms with Gasteiger partial charge in [0.15, 0.2) is 0 Å². The molecule has 3 N–H and O–H groups in total. The second-order valence-electron chi connectivity index (χ2n) is 4.36. The van der Waals surface area contributed by atoms with Crippen LogP contribution in [0.25, 0.3) is 0 Å². The van der Waals surface area contributed by atoms with Crippen molar-refractivity contribution in [2.24, 2.45) is 5.73 Å². The van der Waals surface area contributed by atoms with Crippen molar-refractivity contribution in [1.29, 1.82) is 0 Å². The number of hydrogen-bond donors (Lipinski definition) is 2. The molecule has 0 aliphatic rings. The normalized spacial score (nSPS) is 13.5. The van der Waals surface area contributed by atoms with Crippen LogP contribution in [0.3, 0.4) is 0 Å². The summed E-state index contributed by atoms with van der Waals surface area (Å²) in [4.78, 5) is -0.742. The molecule has 120 valence electrons. The average molecular weight is 332 g/mol. The standard InChI is InChI=1S/C11H13F5N2O2S/c1-7-2-3-8(4-9(7)11(14,15)16)21(19,20)18-6-10(12,13)5-17/h2-4,18H,5-6,17H2,1H3. The largest absolute Gasteiger partial charge is 0.416 e. The van der Waals surface area contributed by atoms with Gasteiger partial charge in [-0.1, -0.05) is 6.07 Å². The fourth-order valence-electron chi connectivity index (χ4n) is 1.43. The summed E-state index contributed by atoms with van der Waals surface area (Å²) < 4.78 is 88.9. The van der Waals surface area contributed by atoms with Gasteiger partial charge in [-0.05, 0) is 24.6 Å². The van der Waals surface area contributed by atoms with Gasteiger partial charge < -0.3 is 5.73 Å². The maximum atomic E-state index is 12.9. The predicted molar refractivity (Wildman–Crippen MR) is 65.4 cm³/mol. The van der Waals surface area contributed by atoms with Crippen molar-refractivity contribution >= 4 is 10.0 Å². The van der Waals surface area contributed by atoms with E-state index in [0.717, 1.165) is 19.1 Å². The first-order valence-electron chi connectivity index (χ1n) is 5.64. The topological polar surface area (TPSA) is 72.2 Å². The van der Waals surface area contributed by atoms with Crippen LogP contribution in [0.4, 0.5) is 22.0 Å². The lowest BCUT2D eigenvalue weighted by Crippen LogP contribution is -2.41. The molecule has 1 aromatic carbocycles. The van der Waals surface area contributed by atoms with Gasteiger partial charge in [0.25, 0.3) is 5.92 Å². The number of rotatable bonds is 5. The van der Waals surface area contributed by atoms with E-state index >= 15 is 0 Å². The number of alkyl halides is 5. The highest BCUT2D eigenvalue weighted by atomic mass is 32.2. The first kappa shape index (κ1) is 17.8. The monoisotopic (exact) mass is 332 g/mol. The van der Waals surface area contributed by atoms with Gasteiger partial charge in [0.05, 0.1) is 23.5 Å². The highest BCUT2D eigenvalue weighted by Gasteiger charge is 2.34. The molecule has 0 aromatic heterocycles. The Morgan fingerprint density at radius 3 is 2.24 bits per heavy atom. The summed E-state index contributed by atoms with van der Waals surface area (Å²) in [7, 11) is -4.49. The van der Waals surface area contributed by atoms with E-state index < -0.39 is 45.7 Å². The van der Waals surface area contributed by atoms with Crippen LogP contribution in [0.15, 0.2) is 23.1 Å². The molecule has 1 rings (SSSR count). The summed E-state index contributed by atoms with van der Waals surface area (Å²) >= 11 is 0. The van der Waals surface area contributed by atoms with Crippen LogP contribution in [0.5, 0.6) is 0 Å². The third-order valence-corrected chi connectivity index (χ3v) is 4.04. The fraction of sp³-hybridized carbons (Fsp3) is 0.455. The van der Waals surface area contributed by atoms with E-state index in [1.807, 2.05) is 0 Å². The Bertz CT molecular complexity index is 614. The molecule has 0 fully saturated rings. The van der Waals surface area contributed by atoms with E-state index in [-0.39, 0.29) is 5.56 Å². The zero-order valence-electron chi connectivity index (χ0n) is 10.8. The number of nitrogens with one attached hydrogen (secondary N) is 1. The molecule has 21 heavy (non-hydrogen) atoms. The number of benzene rings is 1. The summed E-state index contributed by atoms with van der Waals surface area (Å²) in [5, 5.41) is 0. The average Bonchev–Trinajstić information content (AvgIpc) is 2.35. The zero-order chi connectivity index (χ0) is 16.5. The lowest BCUT2D eigenvalue weighted by molar-refractivity contribution is -0.138. The molecule has 0 aliphatic carbocycles. The SMILES string of the molecule is Cc1ccc(S(=O)(=O)NCC(F)(F)CN)cc1C(F)(F)F. The Morgan fingerprint density at radius 2 is 1.76 bits per heavy atom. The van der Waals surface area contributed by atoms with Crippen molar-refractivity contribution in [2.75, 3.05) is 13.1 Å². The van der Waals surface area contributed by atoms with E-state index in [9.17, 15) is 30.4 Å². The summed E-state index contributed by atoms with van der Waals surface area (Å²) in [6, 6.07) is 2.27. The van der Waals surface area contributed by atoms with Crippen LogP contribution in [-0.2, 0) is 16.2 Å². The molecule has 0 atom stereocenters. The van der Waals surface area contributed by atoms with E-state index in [1.165, 1.54) is 4.72 Å². The Labute approximate surface area is 118 Å². The van der Waals surface area contributed by atoms with Gasteiger partial charge in [0.1, 0.15) is 0 Å². The molecule has 10 heteroatoms. The first-order valence-corrected chi connectivity index (χ1v) is 7.13. The van der Waals surface area contributed by atoms with Crippen molar-refractivity contribution < 1.29 is 30.4 Å². The van der Waals surface area contributed by atoms with E-state index in [0.29, 0.717) is 6.07 Å². The molecule has 0 unspecified atom stereocenters. The minimum atomic E-state index is -4.74. The molecule has 0 heterocycles. The molecule has 0 saturated carbocycles. The van der Waals surface area contributed by atoms with E-state index in [1.54, 1.807) is 0 Å². The molecule has 0 bridgehead atoms. The van der Waals surface area contributed by atoms with Crippen LogP contribution >= 0.6 is 0 Å². The summed E-state index contributed by atoms with van der Waals surface area (Å²) in [5.74, 6) is -3.48. The molecule has 4 nitrogen and oxygen atoms in total. The van der Waals surface area contributed by atoms with E-state index in [2.05, 4.69) is 0 Å². The lowest BCUT2D eigenvalue weighted by Gasteiger charge is -2.16. The van der Waals surface area contributed by atoms with Gasteiger partial charge in [-0.3, -0.25) is 0 Å². The van der Waals surface area contributed by atoms with E-state index in [4.69, 9.17) is 5.73 Å². The fourth-order valence-corrected chi connectivity index (χ4v) is 2.52. The summed E-state index contributed by atoms with van der Waals surface area (Å²) in [6.45, 7) is -1.21. The second kappa shape index (κ2) is 5.85. The zero-order valence-corrected chi connectivity index (χ0v) is 11.7. The maximum absolute atomic E-state index is 12.9. The van der Waals surface area contributed by atoms with Gasteiger partial charge >= 0.3 is 6.18 Å². The third kappa shape index (κ3) is 4.61. The number of nitrogens with two attached hydrogens (primary N) is 1.